The Labute approximate surface area is 133 Å². The molecule has 0 radical (unpaired) electrons. The van der Waals surface area contributed by atoms with Gasteiger partial charge in [-0.25, -0.2) is 13.2 Å². The monoisotopic (exact) mass is 345 g/mol. The molecule has 0 aliphatic heterocycles. The molecule has 0 saturated heterocycles. The average molecular weight is 346 g/mol. The van der Waals surface area contributed by atoms with Crippen molar-refractivity contribution in [2.75, 3.05) is 5.75 Å². The van der Waals surface area contributed by atoms with Crippen LogP contribution < -0.4 is 5.32 Å². The summed E-state index contributed by atoms with van der Waals surface area (Å²) in [5, 5.41) is 11.7. The van der Waals surface area contributed by atoms with Crippen LogP contribution in [0.25, 0.3) is 0 Å². The SMILES string of the molecule is O=C(CS(=O)(=O)c1ccc(Cl)cc1)NC(CC1CC1)C(=O)O. The van der Waals surface area contributed by atoms with E-state index < -0.39 is 33.5 Å². The lowest BCUT2D eigenvalue weighted by Gasteiger charge is -2.14. The second-order valence-corrected chi connectivity index (χ2v) is 7.78. The zero-order valence-corrected chi connectivity index (χ0v) is 13.2. The first-order valence-electron chi connectivity index (χ1n) is 6.78. The maximum absolute atomic E-state index is 12.1. The van der Waals surface area contributed by atoms with E-state index in [9.17, 15) is 18.0 Å². The lowest BCUT2D eigenvalue weighted by molar-refractivity contribution is -0.141. The highest BCUT2D eigenvalue weighted by Crippen LogP contribution is 2.33. The van der Waals surface area contributed by atoms with Crippen molar-refractivity contribution in [2.45, 2.75) is 30.2 Å². The minimum atomic E-state index is -3.82. The molecule has 1 atom stereocenters. The van der Waals surface area contributed by atoms with Gasteiger partial charge in [-0.05, 0) is 36.6 Å². The molecule has 1 aliphatic rings. The van der Waals surface area contributed by atoms with Gasteiger partial charge in [0.1, 0.15) is 11.8 Å². The Balaban J connectivity index is 2.00. The number of carboxylic acid groups (broad SMARTS) is 1. The van der Waals surface area contributed by atoms with Crippen LogP contribution >= 0.6 is 11.6 Å². The molecule has 8 heteroatoms. The number of carbonyl (C=O) groups excluding carboxylic acids is 1. The molecular weight excluding hydrogens is 330 g/mol. The third kappa shape index (κ3) is 4.71. The Morgan fingerprint density at radius 1 is 1.27 bits per heavy atom. The predicted octanol–water partition coefficient (Wildman–Crippen LogP) is 1.48. The van der Waals surface area contributed by atoms with Crippen LogP contribution in [0.4, 0.5) is 0 Å². The van der Waals surface area contributed by atoms with Crippen molar-refractivity contribution in [3.63, 3.8) is 0 Å². The van der Waals surface area contributed by atoms with Crippen molar-refractivity contribution in [3.8, 4) is 0 Å². The fraction of sp³-hybridized carbons (Fsp3) is 0.429. The molecule has 1 fully saturated rings. The molecule has 1 unspecified atom stereocenters. The van der Waals surface area contributed by atoms with Crippen LogP contribution in [0.2, 0.25) is 5.02 Å². The van der Waals surface area contributed by atoms with E-state index in [1.54, 1.807) is 0 Å². The topological polar surface area (TPSA) is 101 Å². The summed E-state index contributed by atoms with van der Waals surface area (Å²) < 4.78 is 24.2. The van der Waals surface area contributed by atoms with Crippen LogP contribution in [0.1, 0.15) is 19.3 Å². The summed E-state index contributed by atoms with van der Waals surface area (Å²) >= 11 is 5.69. The molecular formula is C14H16ClNO5S. The second kappa shape index (κ2) is 6.66. The van der Waals surface area contributed by atoms with Crippen LogP contribution in [0.15, 0.2) is 29.2 Å². The molecule has 0 heterocycles. The number of halogens is 1. The predicted molar refractivity (Wildman–Crippen MR) is 80.4 cm³/mol. The van der Waals surface area contributed by atoms with Gasteiger partial charge in [-0.3, -0.25) is 4.79 Å². The quantitative estimate of drug-likeness (QED) is 0.779. The molecule has 1 amide bonds. The molecule has 1 aromatic carbocycles. The van der Waals surface area contributed by atoms with Crippen LogP contribution in [0.3, 0.4) is 0 Å². The number of hydrogen-bond donors (Lipinski definition) is 2. The van der Waals surface area contributed by atoms with Gasteiger partial charge in [-0.1, -0.05) is 24.4 Å². The van der Waals surface area contributed by atoms with Gasteiger partial charge in [0.25, 0.3) is 0 Å². The molecule has 0 aromatic heterocycles. The maximum Gasteiger partial charge on any atom is 0.326 e. The Bertz CT molecular complexity index is 667. The van der Waals surface area contributed by atoms with Crippen LogP contribution in [-0.4, -0.2) is 37.2 Å². The fourth-order valence-corrected chi connectivity index (χ4v) is 3.31. The summed E-state index contributed by atoms with van der Waals surface area (Å²) in [7, 11) is -3.82. The fourth-order valence-electron chi connectivity index (χ4n) is 2.04. The molecule has 0 spiro atoms. The number of aliphatic carboxylic acids is 1. The van der Waals surface area contributed by atoms with Gasteiger partial charge >= 0.3 is 5.97 Å². The molecule has 2 N–H and O–H groups in total. The van der Waals surface area contributed by atoms with E-state index in [-0.39, 0.29) is 4.90 Å². The van der Waals surface area contributed by atoms with E-state index in [0.29, 0.717) is 17.4 Å². The zero-order chi connectivity index (χ0) is 16.3. The van der Waals surface area contributed by atoms with Gasteiger partial charge in [0.2, 0.25) is 5.91 Å². The molecule has 1 aromatic rings. The standard InChI is InChI=1S/C14H16ClNO5S/c15-10-3-5-11(6-4-10)22(20,21)8-13(17)16-12(14(18)19)7-9-1-2-9/h3-6,9,12H,1-2,7-8H2,(H,16,17)(H,18,19). The largest absolute Gasteiger partial charge is 0.480 e. The summed E-state index contributed by atoms with van der Waals surface area (Å²) in [5.74, 6) is -2.45. The van der Waals surface area contributed by atoms with Crippen molar-refractivity contribution in [2.24, 2.45) is 5.92 Å². The van der Waals surface area contributed by atoms with Gasteiger partial charge in [0.15, 0.2) is 9.84 Å². The Hall–Kier alpha value is -1.60. The number of carboxylic acids is 1. The number of hydrogen-bond acceptors (Lipinski definition) is 4. The van der Waals surface area contributed by atoms with E-state index in [0.717, 1.165) is 12.8 Å². The van der Waals surface area contributed by atoms with Crippen molar-refractivity contribution < 1.29 is 23.1 Å². The Morgan fingerprint density at radius 2 is 1.86 bits per heavy atom. The number of carbonyl (C=O) groups is 2. The van der Waals surface area contributed by atoms with Gasteiger partial charge in [-0.15, -0.1) is 0 Å². The van der Waals surface area contributed by atoms with Crippen LogP contribution in [0, 0.1) is 5.92 Å². The third-order valence-corrected chi connectivity index (χ3v) is 5.28. The molecule has 120 valence electrons. The van der Waals surface area contributed by atoms with E-state index in [1.807, 2.05) is 0 Å². The lowest BCUT2D eigenvalue weighted by atomic mass is 10.1. The molecule has 6 nitrogen and oxygen atoms in total. The normalized spacial score (nSPS) is 16.0. The highest BCUT2D eigenvalue weighted by Gasteiger charge is 2.31. The highest BCUT2D eigenvalue weighted by molar-refractivity contribution is 7.92. The smallest absolute Gasteiger partial charge is 0.326 e. The number of sulfone groups is 1. The van der Waals surface area contributed by atoms with Crippen LogP contribution in [0.5, 0.6) is 0 Å². The first kappa shape index (κ1) is 16.8. The van der Waals surface area contributed by atoms with E-state index >= 15 is 0 Å². The van der Waals surface area contributed by atoms with Crippen LogP contribution in [-0.2, 0) is 19.4 Å². The van der Waals surface area contributed by atoms with Gasteiger partial charge in [0, 0.05) is 5.02 Å². The number of nitrogens with one attached hydrogen (secondary N) is 1. The van der Waals surface area contributed by atoms with Crippen molar-refractivity contribution >= 4 is 33.3 Å². The van der Waals surface area contributed by atoms with E-state index in [2.05, 4.69) is 5.32 Å². The Kier molecular flexibility index (Phi) is 5.08. The Morgan fingerprint density at radius 3 is 2.36 bits per heavy atom. The minimum Gasteiger partial charge on any atom is -0.480 e. The number of benzene rings is 1. The molecule has 1 saturated carbocycles. The summed E-state index contributed by atoms with van der Waals surface area (Å²) in [5.41, 5.74) is 0. The maximum atomic E-state index is 12.1. The van der Waals surface area contributed by atoms with Gasteiger partial charge in [0.05, 0.1) is 4.90 Å². The number of amides is 1. The lowest BCUT2D eigenvalue weighted by Crippen LogP contribution is -2.43. The molecule has 1 aliphatic carbocycles. The van der Waals surface area contributed by atoms with Gasteiger partial charge < -0.3 is 10.4 Å². The van der Waals surface area contributed by atoms with E-state index in [4.69, 9.17) is 16.7 Å². The highest BCUT2D eigenvalue weighted by atomic mass is 35.5. The summed E-state index contributed by atoms with van der Waals surface area (Å²) in [6.45, 7) is 0. The summed E-state index contributed by atoms with van der Waals surface area (Å²) in [6, 6.07) is 4.41. The molecule has 22 heavy (non-hydrogen) atoms. The minimum absolute atomic E-state index is 0.0267. The van der Waals surface area contributed by atoms with Crippen molar-refractivity contribution in [3.05, 3.63) is 29.3 Å². The van der Waals surface area contributed by atoms with Crippen molar-refractivity contribution in [1.29, 1.82) is 0 Å². The summed E-state index contributed by atoms with van der Waals surface area (Å²) in [4.78, 5) is 22.9. The first-order chi connectivity index (χ1) is 10.3. The second-order valence-electron chi connectivity index (χ2n) is 5.35. The number of rotatable bonds is 7. The first-order valence-corrected chi connectivity index (χ1v) is 8.81. The zero-order valence-electron chi connectivity index (χ0n) is 11.7. The van der Waals surface area contributed by atoms with E-state index in [1.165, 1.54) is 24.3 Å². The molecule has 2 rings (SSSR count). The summed E-state index contributed by atoms with van der Waals surface area (Å²) in [6.07, 6.45) is 2.23. The average Bonchev–Trinajstić information content (AvgIpc) is 3.21. The van der Waals surface area contributed by atoms with Crippen molar-refractivity contribution in [1.82, 2.24) is 5.32 Å². The third-order valence-electron chi connectivity index (χ3n) is 3.39. The van der Waals surface area contributed by atoms with Gasteiger partial charge in [-0.2, -0.15) is 0 Å². The molecule has 0 bridgehead atoms.